The second-order valence-corrected chi connectivity index (χ2v) is 8.60. The zero-order chi connectivity index (χ0) is 15.0. The van der Waals surface area contributed by atoms with Crippen LogP contribution in [0.15, 0.2) is 40.7 Å². The molecule has 1 aliphatic heterocycles. The van der Waals surface area contributed by atoms with Crippen molar-refractivity contribution in [2.24, 2.45) is 5.73 Å². The number of hydrogen-bond acceptors (Lipinski definition) is 5. The Hall–Kier alpha value is -1.28. The quantitative estimate of drug-likeness (QED) is 0.930. The van der Waals surface area contributed by atoms with E-state index in [1.165, 1.54) is 21.8 Å². The Morgan fingerprint density at radius 1 is 1.29 bits per heavy atom. The minimum Gasteiger partial charge on any atom is -0.326 e. The molecule has 2 N–H and O–H groups in total. The second-order valence-electron chi connectivity index (χ2n) is 5.20. The molecule has 0 spiro atoms. The Morgan fingerprint density at radius 2 is 2.00 bits per heavy atom. The van der Waals surface area contributed by atoms with Crippen LogP contribution in [0.25, 0.3) is 0 Å². The molecule has 3 rings (SSSR count). The molecule has 0 aliphatic carbocycles. The number of nitrogens with two attached hydrogens (primary N) is 1. The fourth-order valence-electron chi connectivity index (χ4n) is 2.63. The number of benzene rings is 1. The van der Waals surface area contributed by atoms with Crippen molar-refractivity contribution >= 4 is 21.4 Å². The predicted octanol–water partition coefficient (Wildman–Crippen LogP) is 1.57. The van der Waals surface area contributed by atoms with Crippen LogP contribution in [0.4, 0.5) is 0 Å². The highest BCUT2D eigenvalue weighted by Crippen LogP contribution is 2.31. The van der Waals surface area contributed by atoms with E-state index in [9.17, 15) is 8.42 Å². The lowest BCUT2D eigenvalue weighted by Gasteiger charge is -2.15. The zero-order valence-corrected chi connectivity index (χ0v) is 13.3. The van der Waals surface area contributed by atoms with Gasteiger partial charge in [-0.15, -0.1) is 11.3 Å². The Bertz CT molecular complexity index is 728. The van der Waals surface area contributed by atoms with Gasteiger partial charge in [0.05, 0.1) is 11.2 Å². The first kappa shape index (κ1) is 14.6. The monoisotopic (exact) mass is 323 g/mol. The molecule has 0 radical (unpaired) electrons. The van der Waals surface area contributed by atoms with Crippen LogP contribution in [0.1, 0.15) is 16.5 Å². The molecule has 1 aromatic heterocycles. The van der Waals surface area contributed by atoms with Gasteiger partial charge < -0.3 is 5.73 Å². The summed E-state index contributed by atoms with van der Waals surface area (Å²) in [5, 5.41) is 0.747. The van der Waals surface area contributed by atoms with Crippen molar-refractivity contribution in [2.75, 3.05) is 13.1 Å². The van der Waals surface area contributed by atoms with Crippen LogP contribution in [0, 0.1) is 6.92 Å². The summed E-state index contributed by atoms with van der Waals surface area (Å²) in [6.07, 6.45) is 1.43. The summed E-state index contributed by atoms with van der Waals surface area (Å²) in [5.41, 5.74) is 7.25. The molecule has 1 aliphatic rings. The lowest BCUT2D eigenvalue weighted by Crippen LogP contribution is -2.31. The highest BCUT2D eigenvalue weighted by Gasteiger charge is 2.38. The maximum absolute atomic E-state index is 12.6. The standard InChI is InChI=1S/C14H17N3O2S2/c1-10-16-7-14(20-10)21(18,19)17-8-12(13(15)9-17)11-5-3-2-4-6-11/h2-7,12-13H,8-9,15H2,1H3/t12-,13+/m0/s1. The number of nitrogens with zero attached hydrogens (tertiary/aromatic N) is 2. The van der Waals surface area contributed by atoms with E-state index in [0.29, 0.717) is 17.3 Å². The molecular weight excluding hydrogens is 306 g/mol. The minimum atomic E-state index is -3.48. The summed E-state index contributed by atoms with van der Waals surface area (Å²) in [7, 11) is -3.48. The fourth-order valence-corrected chi connectivity index (χ4v) is 5.40. The third kappa shape index (κ3) is 2.74. The Balaban J connectivity index is 1.86. The van der Waals surface area contributed by atoms with Crippen molar-refractivity contribution in [1.29, 1.82) is 0 Å². The topological polar surface area (TPSA) is 76.3 Å². The summed E-state index contributed by atoms with van der Waals surface area (Å²) in [5.74, 6) is 0.0370. The molecule has 7 heteroatoms. The number of thiazole rings is 1. The SMILES string of the molecule is Cc1ncc(S(=O)(=O)N2C[C@@H](N)[C@H](c3ccccc3)C2)s1. The highest BCUT2D eigenvalue weighted by molar-refractivity contribution is 7.91. The van der Waals surface area contributed by atoms with Crippen LogP contribution in [-0.2, 0) is 10.0 Å². The largest absolute Gasteiger partial charge is 0.326 e. The molecule has 2 aromatic rings. The third-order valence-corrected chi connectivity index (χ3v) is 6.93. The van der Waals surface area contributed by atoms with E-state index in [-0.39, 0.29) is 12.0 Å². The van der Waals surface area contributed by atoms with Gasteiger partial charge in [-0.25, -0.2) is 13.4 Å². The van der Waals surface area contributed by atoms with Crippen molar-refractivity contribution in [1.82, 2.24) is 9.29 Å². The normalized spacial score (nSPS) is 23.5. The number of aromatic nitrogens is 1. The first-order chi connectivity index (χ1) is 9.98. The molecule has 0 amide bonds. The lowest BCUT2D eigenvalue weighted by molar-refractivity contribution is 0.472. The molecule has 2 heterocycles. The van der Waals surface area contributed by atoms with E-state index in [1.54, 1.807) is 6.92 Å². The summed E-state index contributed by atoms with van der Waals surface area (Å²) in [6.45, 7) is 2.56. The predicted molar refractivity (Wildman–Crippen MR) is 82.8 cm³/mol. The molecule has 1 fully saturated rings. The first-order valence-corrected chi connectivity index (χ1v) is 8.97. The molecule has 0 unspecified atom stereocenters. The van der Waals surface area contributed by atoms with Gasteiger partial charge in [0, 0.05) is 25.0 Å². The molecule has 112 valence electrons. The van der Waals surface area contributed by atoms with Crippen LogP contribution in [0.5, 0.6) is 0 Å². The van der Waals surface area contributed by atoms with Gasteiger partial charge in [-0.2, -0.15) is 4.31 Å². The van der Waals surface area contributed by atoms with E-state index < -0.39 is 10.0 Å². The third-order valence-electron chi connectivity index (χ3n) is 3.75. The Kier molecular flexibility index (Phi) is 3.83. The van der Waals surface area contributed by atoms with Gasteiger partial charge >= 0.3 is 0 Å². The summed E-state index contributed by atoms with van der Waals surface area (Å²) in [4.78, 5) is 4.03. The molecule has 0 saturated carbocycles. The van der Waals surface area contributed by atoms with Crippen molar-refractivity contribution in [3.8, 4) is 0 Å². The number of hydrogen-bond donors (Lipinski definition) is 1. The second kappa shape index (κ2) is 5.49. The van der Waals surface area contributed by atoms with E-state index in [0.717, 1.165) is 10.6 Å². The van der Waals surface area contributed by atoms with Crippen LogP contribution in [0.3, 0.4) is 0 Å². The van der Waals surface area contributed by atoms with Gasteiger partial charge in [0.1, 0.15) is 0 Å². The molecule has 1 saturated heterocycles. The van der Waals surface area contributed by atoms with Crippen molar-refractivity contribution in [2.45, 2.75) is 23.1 Å². The van der Waals surface area contributed by atoms with Crippen LogP contribution >= 0.6 is 11.3 Å². The first-order valence-electron chi connectivity index (χ1n) is 6.71. The minimum absolute atomic E-state index is 0.0370. The molecule has 21 heavy (non-hydrogen) atoms. The molecule has 1 aromatic carbocycles. The Labute approximate surface area is 128 Å². The van der Waals surface area contributed by atoms with Crippen molar-refractivity contribution in [3.63, 3.8) is 0 Å². The lowest BCUT2D eigenvalue weighted by atomic mass is 9.95. The van der Waals surface area contributed by atoms with Gasteiger partial charge in [0.15, 0.2) is 4.21 Å². The van der Waals surface area contributed by atoms with E-state index >= 15 is 0 Å². The van der Waals surface area contributed by atoms with E-state index in [1.807, 2.05) is 30.3 Å². The average Bonchev–Trinajstić information content (AvgIpc) is 3.07. The van der Waals surface area contributed by atoms with Crippen LogP contribution in [-0.4, -0.2) is 36.8 Å². The van der Waals surface area contributed by atoms with Gasteiger partial charge in [0.2, 0.25) is 0 Å². The summed E-state index contributed by atoms with van der Waals surface area (Å²) < 4.78 is 27.0. The fraction of sp³-hybridized carbons (Fsp3) is 0.357. The van der Waals surface area contributed by atoms with Crippen LogP contribution < -0.4 is 5.73 Å². The maximum atomic E-state index is 12.6. The molecule has 2 atom stereocenters. The van der Waals surface area contributed by atoms with Gasteiger partial charge in [-0.3, -0.25) is 0 Å². The van der Waals surface area contributed by atoms with Gasteiger partial charge in [-0.05, 0) is 12.5 Å². The van der Waals surface area contributed by atoms with E-state index in [2.05, 4.69) is 4.98 Å². The number of aryl methyl sites for hydroxylation is 1. The molecule has 0 bridgehead atoms. The van der Waals surface area contributed by atoms with Crippen molar-refractivity contribution in [3.05, 3.63) is 47.1 Å². The average molecular weight is 323 g/mol. The van der Waals surface area contributed by atoms with Crippen molar-refractivity contribution < 1.29 is 8.42 Å². The highest BCUT2D eigenvalue weighted by atomic mass is 32.2. The smallest absolute Gasteiger partial charge is 0.254 e. The number of sulfonamides is 1. The summed E-state index contributed by atoms with van der Waals surface area (Å²) in [6, 6.07) is 9.65. The zero-order valence-electron chi connectivity index (χ0n) is 11.6. The van der Waals surface area contributed by atoms with Gasteiger partial charge in [0.25, 0.3) is 10.0 Å². The van der Waals surface area contributed by atoms with Gasteiger partial charge in [-0.1, -0.05) is 30.3 Å². The maximum Gasteiger partial charge on any atom is 0.254 e. The summed E-state index contributed by atoms with van der Waals surface area (Å²) >= 11 is 1.20. The van der Waals surface area contributed by atoms with Crippen LogP contribution in [0.2, 0.25) is 0 Å². The van der Waals surface area contributed by atoms with E-state index in [4.69, 9.17) is 5.73 Å². The Morgan fingerprint density at radius 3 is 2.62 bits per heavy atom. The number of rotatable bonds is 3. The molecule has 5 nitrogen and oxygen atoms in total. The molecular formula is C14H17N3O2S2.